The van der Waals surface area contributed by atoms with E-state index in [1.807, 2.05) is 0 Å². The molecule has 1 unspecified atom stereocenters. The van der Waals surface area contributed by atoms with Crippen molar-refractivity contribution in [3.63, 3.8) is 0 Å². The number of rotatable bonds is 0. The largest absolute Gasteiger partial charge is 0.491 e. The molecule has 0 saturated heterocycles. The van der Waals surface area contributed by atoms with E-state index in [-0.39, 0.29) is 9.90 Å². The SMILES string of the molecule is N[P+](O)(O)O.P. The van der Waals surface area contributed by atoms with E-state index in [0.717, 1.165) is 0 Å². The molecule has 0 aliphatic heterocycles. The molecule has 5 N–H and O–H groups in total. The zero-order valence-corrected chi connectivity index (χ0v) is 5.38. The van der Waals surface area contributed by atoms with Crippen LogP contribution >= 0.6 is 18.0 Å². The van der Waals surface area contributed by atoms with Gasteiger partial charge in [0, 0.05) is 0 Å². The van der Waals surface area contributed by atoms with Crippen LogP contribution in [0.2, 0.25) is 0 Å². The Morgan fingerprint density at radius 3 is 1.17 bits per heavy atom. The highest BCUT2D eigenvalue weighted by molar-refractivity contribution is 7.55. The normalized spacial score (nSPS) is 10.0. The lowest BCUT2D eigenvalue weighted by Gasteiger charge is -1.86. The van der Waals surface area contributed by atoms with Crippen LogP contribution in [0.25, 0.3) is 0 Å². The van der Waals surface area contributed by atoms with Gasteiger partial charge in [0.15, 0.2) is 0 Å². The van der Waals surface area contributed by atoms with E-state index in [1.165, 1.54) is 0 Å². The zero-order chi connectivity index (χ0) is 4.50. The summed E-state index contributed by atoms with van der Waals surface area (Å²) in [6.45, 7) is 0. The quantitative estimate of drug-likeness (QED) is 0.307. The Labute approximate surface area is 39.2 Å². The number of nitrogens with two attached hydrogens (primary N) is 1. The van der Waals surface area contributed by atoms with Crippen LogP contribution in [0.3, 0.4) is 0 Å². The molecule has 0 aromatic rings. The topological polar surface area (TPSA) is 86.7 Å². The van der Waals surface area contributed by atoms with Crippen LogP contribution in [0.5, 0.6) is 0 Å². The summed E-state index contributed by atoms with van der Waals surface area (Å²) in [5, 5.41) is 0. The van der Waals surface area contributed by atoms with Crippen LogP contribution < -0.4 is 5.50 Å². The van der Waals surface area contributed by atoms with Crippen molar-refractivity contribution >= 4 is 18.0 Å². The van der Waals surface area contributed by atoms with E-state index in [0.29, 0.717) is 0 Å². The van der Waals surface area contributed by atoms with Crippen LogP contribution in [0, 0.1) is 0 Å². The van der Waals surface area contributed by atoms with Gasteiger partial charge in [0.05, 0.1) is 0 Å². The van der Waals surface area contributed by atoms with Gasteiger partial charge in [-0.25, -0.2) is 0 Å². The van der Waals surface area contributed by atoms with E-state index in [9.17, 15) is 0 Å². The molecule has 6 heteroatoms. The summed E-state index contributed by atoms with van der Waals surface area (Å²) in [6.07, 6.45) is 0. The Balaban J connectivity index is 0. The summed E-state index contributed by atoms with van der Waals surface area (Å²) in [5.74, 6) is 0. The minimum atomic E-state index is -3.89. The van der Waals surface area contributed by atoms with Crippen molar-refractivity contribution in [1.82, 2.24) is 0 Å². The van der Waals surface area contributed by atoms with Crippen LogP contribution in [0.4, 0.5) is 0 Å². The summed E-state index contributed by atoms with van der Waals surface area (Å²) < 4.78 is 0. The Hall–Kier alpha value is 0.700. The molecule has 0 aromatic carbocycles. The molecule has 0 saturated carbocycles. The fourth-order valence-corrected chi connectivity index (χ4v) is 0. The van der Waals surface area contributed by atoms with E-state index < -0.39 is 8.09 Å². The van der Waals surface area contributed by atoms with Gasteiger partial charge in [0.2, 0.25) is 0 Å². The van der Waals surface area contributed by atoms with Crippen LogP contribution in [-0.2, 0) is 0 Å². The summed E-state index contributed by atoms with van der Waals surface area (Å²) in [7, 11) is -3.89. The van der Waals surface area contributed by atoms with Crippen molar-refractivity contribution in [3.8, 4) is 0 Å². The monoisotopic (exact) mass is 132 g/mol. The predicted octanol–water partition coefficient (Wildman–Crippen LogP) is -1.34. The Bertz CT molecular complexity index is 24.3. The first kappa shape index (κ1) is 9.85. The van der Waals surface area contributed by atoms with Gasteiger partial charge in [0.1, 0.15) is 0 Å². The Morgan fingerprint density at radius 2 is 1.17 bits per heavy atom. The lowest BCUT2D eigenvalue weighted by molar-refractivity contribution is 0.332. The average Bonchev–Trinajstić information content (AvgIpc) is 0.722. The molecule has 0 bridgehead atoms. The van der Waals surface area contributed by atoms with Crippen molar-refractivity contribution in [2.75, 3.05) is 0 Å². The highest BCUT2D eigenvalue weighted by Crippen LogP contribution is 2.31. The van der Waals surface area contributed by atoms with Crippen LogP contribution in [0.1, 0.15) is 0 Å². The fraction of sp³-hybridized carbons (Fsp3) is 0. The summed E-state index contributed by atoms with van der Waals surface area (Å²) in [4.78, 5) is 22.6. The molecule has 1 atom stereocenters. The Kier molecular flexibility index (Phi) is 4.61. The van der Waals surface area contributed by atoms with Crippen LogP contribution in [0.15, 0.2) is 0 Å². The van der Waals surface area contributed by atoms with Crippen molar-refractivity contribution in [1.29, 1.82) is 0 Å². The van der Waals surface area contributed by atoms with Gasteiger partial charge >= 0.3 is 8.09 Å². The van der Waals surface area contributed by atoms with E-state index in [2.05, 4.69) is 5.50 Å². The fourth-order valence-electron chi connectivity index (χ4n) is 0. The average molecular weight is 132 g/mol. The van der Waals surface area contributed by atoms with Crippen LogP contribution in [-0.4, -0.2) is 14.7 Å². The summed E-state index contributed by atoms with van der Waals surface area (Å²) >= 11 is 0. The molecule has 0 aromatic heterocycles. The third-order valence-corrected chi connectivity index (χ3v) is 0. The third-order valence-electron chi connectivity index (χ3n) is 0. The van der Waals surface area contributed by atoms with E-state index >= 15 is 0 Å². The van der Waals surface area contributed by atoms with Gasteiger partial charge in [-0.05, 0) is 0 Å². The van der Waals surface area contributed by atoms with Gasteiger partial charge in [-0.1, -0.05) is 0 Å². The molecule has 0 heterocycles. The minimum Gasteiger partial charge on any atom is -0.178 e. The van der Waals surface area contributed by atoms with Crippen molar-refractivity contribution in [2.45, 2.75) is 0 Å². The molecule has 0 spiro atoms. The molecule has 0 radical (unpaired) electrons. The van der Waals surface area contributed by atoms with Crippen molar-refractivity contribution in [2.24, 2.45) is 5.50 Å². The third kappa shape index (κ3) is 131. The molecule has 0 fully saturated rings. The molecule has 0 aliphatic carbocycles. The van der Waals surface area contributed by atoms with Gasteiger partial charge < -0.3 is 0 Å². The molecule has 4 nitrogen and oxygen atoms in total. The van der Waals surface area contributed by atoms with Gasteiger partial charge in [-0.3, -0.25) is 0 Å². The van der Waals surface area contributed by atoms with Crippen molar-refractivity contribution in [3.05, 3.63) is 0 Å². The lowest BCUT2D eigenvalue weighted by atomic mass is 13.9. The molecule has 6 heavy (non-hydrogen) atoms. The maximum absolute atomic E-state index is 7.52. The smallest absolute Gasteiger partial charge is 0.178 e. The van der Waals surface area contributed by atoms with E-state index in [1.54, 1.807) is 0 Å². The first-order chi connectivity index (χ1) is 2.00. The maximum atomic E-state index is 7.52. The first-order valence-electron chi connectivity index (χ1n) is 0.858. The molecule has 40 valence electrons. The first-order valence-corrected chi connectivity index (χ1v) is 2.57. The number of hydrogen-bond donors (Lipinski definition) is 4. The van der Waals surface area contributed by atoms with Gasteiger partial charge in [-0.15, -0.1) is 5.50 Å². The van der Waals surface area contributed by atoms with Crippen molar-refractivity contribution < 1.29 is 14.7 Å². The standard InChI is InChI=1S/H5NO3P.H3P/c1-5(2,3)4;/h2-4H,1H2;1H3/q+1;. The highest BCUT2D eigenvalue weighted by atomic mass is 31.2. The molecule has 0 amide bonds. The second kappa shape index (κ2) is 2.80. The summed E-state index contributed by atoms with van der Waals surface area (Å²) in [6, 6.07) is 0. The second-order valence-corrected chi connectivity index (χ2v) is 1.84. The molecular formula is H8NO3P2+. The van der Waals surface area contributed by atoms with E-state index in [4.69, 9.17) is 14.7 Å². The number of hydrogen-bond acceptors (Lipinski definition) is 4. The molecule has 0 rings (SSSR count). The molecular weight excluding hydrogens is 124 g/mol. The highest BCUT2D eigenvalue weighted by Gasteiger charge is 2.19. The Morgan fingerprint density at radius 1 is 1.17 bits per heavy atom. The van der Waals surface area contributed by atoms with Gasteiger partial charge in [-0.2, -0.15) is 24.6 Å². The summed E-state index contributed by atoms with van der Waals surface area (Å²) in [5.41, 5.74) is 4.13. The predicted molar refractivity (Wildman–Crippen MR) is 28.9 cm³/mol. The zero-order valence-electron chi connectivity index (χ0n) is 3.07. The molecule has 0 aliphatic rings. The maximum Gasteiger partial charge on any atom is 0.491 e. The van der Waals surface area contributed by atoms with Gasteiger partial charge in [0.25, 0.3) is 0 Å². The minimum absolute atomic E-state index is 0. The lowest BCUT2D eigenvalue weighted by Crippen LogP contribution is -1.97. The second-order valence-electron chi connectivity index (χ2n) is 0.615.